The molecule has 0 saturated carbocycles. The largest absolute Gasteiger partial charge is 0.494 e. The Morgan fingerprint density at radius 2 is 1.60 bits per heavy atom. The van der Waals surface area contributed by atoms with E-state index in [1.54, 1.807) is 68.4 Å². The first-order valence-corrected chi connectivity index (χ1v) is 15.0. The van der Waals surface area contributed by atoms with Gasteiger partial charge in [0, 0.05) is 13.1 Å². The Hall–Kier alpha value is -3.27. The number of carbonyl (C=O) groups is 2. The first kappa shape index (κ1) is 31.3. The average molecular weight is 607 g/mol. The SMILES string of the molecule is CCNC(=O)[C@@H](C)N(Cc1ccc(Cl)c(Cl)c1)C(=O)CN(c1ccc(C)cc1)S(=O)(=O)c1ccc(OCC)cc1. The van der Waals surface area contributed by atoms with Crippen molar-refractivity contribution in [3.05, 3.63) is 87.9 Å². The zero-order chi connectivity index (χ0) is 29.4. The summed E-state index contributed by atoms with van der Waals surface area (Å²) in [5.74, 6) is -0.407. The van der Waals surface area contributed by atoms with E-state index in [1.165, 1.54) is 17.0 Å². The Bertz CT molecular complexity index is 1430. The molecule has 3 rings (SSSR count). The maximum absolute atomic E-state index is 13.9. The molecule has 8 nitrogen and oxygen atoms in total. The van der Waals surface area contributed by atoms with Crippen LogP contribution in [-0.2, 0) is 26.2 Å². The zero-order valence-electron chi connectivity index (χ0n) is 22.9. The van der Waals surface area contributed by atoms with Gasteiger partial charge in [-0.2, -0.15) is 0 Å². The molecule has 40 heavy (non-hydrogen) atoms. The molecular weight excluding hydrogens is 573 g/mol. The third kappa shape index (κ3) is 7.68. The summed E-state index contributed by atoms with van der Waals surface area (Å²) in [7, 11) is -4.18. The molecule has 1 N–H and O–H groups in total. The summed E-state index contributed by atoms with van der Waals surface area (Å²) in [6.45, 7) is 7.38. The number of benzene rings is 3. The summed E-state index contributed by atoms with van der Waals surface area (Å²) in [6, 6.07) is 16.9. The van der Waals surface area contributed by atoms with E-state index < -0.39 is 28.5 Å². The first-order chi connectivity index (χ1) is 19.0. The number of amides is 2. The minimum absolute atomic E-state index is 0.00265. The smallest absolute Gasteiger partial charge is 0.264 e. The van der Waals surface area contributed by atoms with Gasteiger partial charge in [-0.25, -0.2) is 8.42 Å². The van der Waals surface area contributed by atoms with Crippen molar-refractivity contribution >= 4 is 50.7 Å². The van der Waals surface area contributed by atoms with E-state index in [1.807, 2.05) is 13.8 Å². The second kappa shape index (κ2) is 13.9. The molecule has 0 aliphatic heterocycles. The van der Waals surface area contributed by atoms with Gasteiger partial charge in [0.15, 0.2) is 0 Å². The van der Waals surface area contributed by atoms with Crippen LogP contribution < -0.4 is 14.4 Å². The minimum Gasteiger partial charge on any atom is -0.494 e. The van der Waals surface area contributed by atoms with Crippen LogP contribution >= 0.6 is 23.2 Å². The number of hydrogen-bond acceptors (Lipinski definition) is 5. The molecule has 0 spiro atoms. The number of hydrogen-bond donors (Lipinski definition) is 1. The van der Waals surface area contributed by atoms with E-state index >= 15 is 0 Å². The first-order valence-electron chi connectivity index (χ1n) is 12.8. The lowest BCUT2D eigenvalue weighted by Crippen LogP contribution is -2.51. The van der Waals surface area contributed by atoms with E-state index in [-0.39, 0.29) is 17.3 Å². The van der Waals surface area contributed by atoms with Crippen molar-refractivity contribution in [3.8, 4) is 5.75 Å². The molecule has 0 unspecified atom stereocenters. The van der Waals surface area contributed by atoms with E-state index in [9.17, 15) is 18.0 Å². The van der Waals surface area contributed by atoms with Crippen molar-refractivity contribution in [1.82, 2.24) is 10.2 Å². The van der Waals surface area contributed by atoms with Crippen LogP contribution in [0.1, 0.15) is 31.9 Å². The molecular formula is C29H33Cl2N3O5S. The van der Waals surface area contributed by atoms with Gasteiger partial charge < -0.3 is 15.0 Å². The molecule has 2 amide bonds. The quantitative estimate of drug-likeness (QED) is 0.296. The molecule has 0 heterocycles. The molecule has 214 valence electrons. The van der Waals surface area contributed by atoms with E-state index in [0.29, 0.717) is 40.2 Å². The fourth-order valence-electron chi connectivity index (χ4n) is 3.98. The summed E-state index contributed by atoms with van der Waals surface area (Å²) in [4.78, 5) is 28.0. The summed E-state index contributed by atoms with van der Waals surface area (Å²) in [6.07, 6.45) is 0. The predicted molar refractivity (Wildman–Crippen MR) is 158 cm³/mol. The zero-order valence-corrected chi connectivity index (χ0v) is 25.2. The second-order valence-corrected chi connectivity index (χ2v) is 11.8. The third-order valence-corrected chi connectivity index (χ3v) is 8.71. The van der Waals surface area contributed by atoms with Crippen LogP contribution in [0.25, 0.3) is 0 Å². The lowest BCUT2D eigenvalue weighted by Gasteiger charge is -2.32. The van der Waals surface area contributed by atoms with Crippen LogP contribution in [0.5, 0.6) is 5.75 Å². The van der Waals surface area contributed by atoms with Crippen molar-refractivity contribution in [2.24, 2.45) is 0 Å². The van der Waals surface area contributed by atoms with Crippen LogP contribution in [0.15, 0.2) is 71.6 Å². The van der Waals surface area contributed by atoms with Gasteiger partial charge in [-0.05, 0) is 81.8 Å². The Morgan fingerprint density at radius 1 is 0.950 bits per heavy atom. The lowest BCUT2D eigenvalue weighted by atomic mass is 10.1. The standard InChI is InChI=1S/C29H33Cl2N3O5S/c1-5-32-29(36)21(4)33(18-22-9-16-26(30)27(31)17-22)28(35)19-34(23-10-7-20(3)8-11-23)40(37,38)25-14-12-24(13-15-25)39-6-2/h7-17,21H,5-6,18-19H2,1-4H3,(H,32,36)/t21-/m1/s1. The van der Waals surface area contributed by atoms with Gasteiger partial charge in [0.05, 0.1) is 27.2 Å². The molecule has 1 atom stereocenters. The summed E-state index contributed by atoms with van der Waals surface area (Å²) in [5.41, 5.74) is 1.88. The maximum Gasteiger partial charge on any atom is 0.264 e. The van der Waals surface area contributed by atoms with Crippen molar-refractivity contribution in [2.45, 2.75) is 45.2 Å². The van der Waals surface area contributed by atoms with Crippen LogP contribution in [0.2, 0.25) is 10.0 Å². The molecule has 0 radical (unpaired) electrons. The van der Waals surface area contributed by atoms with Crippen LogP contribution in [0.3, 0.4) is 0 Å². The lowest BCUT2D eigenvalue weighted by molar-refractivity contribution is -0.139. The number of carbonyl (C=O) groups excluding carboxylic acids is 2. The van der Waals surface area contributed by atoms with Crippen molar-refractivity contribution in [2.75, 3.05) is 24.0 Å². The molecule has 0 aliphatic carbocycles. The topological polar surface area (TPSA) is 96.0 Å². The van der Waals surface area contributed by atoms with E-state index in [4.69, 9.17) is 27.9 Å². The van der Waals surface area contributed by atoms with Crippen LogP contribution in [0, 0.1) is 6.92 Å². The molecule has 0 aromatic heterocycles. The average Bonchev–Trinajstić information content (AvgIpc) is 2.93. The highest BCUT2D eigenvalue weighted by molar-refractivity contribution is 7.92. The van der Waals surface area contributed by atoms with Gasteiger partial charge in [-0.3, -0.25) is 13.9 Å². The number of halogens is 2. The van der Waals surface area contributed by atoms with E-state index in [2.05, 4.69) is 5.32 Å². The molecule has 0 saturated heterocycles. The van der Waals surface area contributed by atoms with Gasteiger partial charge in [-0.15, -0.1) is 0 Å². The van der Waals surface area contributed by atoms with Crippen molar-refractivity contribution < 1.29 is 22.7 Å². The Balaban J connectivity index is 2.02. The van der Waals surface area contributed by atoms with Gasteiger partial charge in [0.2, 0.25) is 11.8 Å². The molecule has 3 aromatic carbocycles. The Morgan fingerprint density at radius 3 is 2.17 bits per heavy atom. The fourth-order valence-corrected chi connectivity index (χ4v) is 5.72. The van der Waals surface area contributed by atoms with Gasteiger partial charge in [-0.1, -0.05) is 47.0 Å². The van der Waals surface area contributed by atoms with Gasteiger partial charge >= 0.3 is 0 Å². The van der Waals surface area contributed by atoms with Crippen LogP contribution in [-0.4, -0.2) is 50.9 Å². The van der Waals surface area contributed by atoms with Crippen molar-refractivity contribution in [1.29, 1.82) is 0 Å². The fraction of sp³-hybridized carbons (Fsp3) is 0.310. The van der Waals surface area contributed by atoms with Gasteiger partial charge in [0.25, 0.3) is 10.0 Å². The molecule has 0 fully saturated rings. The van der Waals surface area contributed by atoms with Crippen LogP contribution in [0.4, 0.5) is 5.69 Å². The van der Waals surface area contributed by atoms with Crippen molar-refractivity contribution in [3.63, 3.8) is 0 Å². The number of aryl methyl sites for hydroxylation is 1. The molecule has 3 aromatic rings. The number of anilines is 1. The third-order valence-electron chi connectivity index (χ3n) is 6.18. The number of nitrogens with one attached hydrogen (secondary N) is 1. The highest BCUT2D eigenvalue weighted by atomic mass is 35.5. The second-order valence-electron chi connectivity index (χ2n) is 9.09. The normalized spacial score (nSPS) is 11.9. The molecule has 0 aliphatic rings. The molecule has 0 bridgehead atoms. The number of ether oxygens (including phenoxy) is 1. The highest BCUT2D eigenvalue weighted by Crippen LogP contribution is 2.27. The number of nitrogens with zero attached hydrogens (tertiary/aromatic N) is 2. The predicted octanol–water partition coefficient (Wildman–Crippen LogP) is 5.45. The summed E-state index contributed by atoms with van der Waals surface area (Å²) in [5, 5.41) is 3.38. The summed E-state index contributed by atoms with van der Waals surface area (Å²) >= 11 is 12.3. The number of sulfonamides is 1. The maximum atomic E-state index is 13.9. The molecule has 11 heteroatoms. The highest BCUT2D eigenvalue weighted by Gasteiger charge is 2.32. The Kier molecular flexibility index (Phi) is 10.8. The Labute approximate surface area is 245 Å². The monoisotopic (exact) mass is 605 g/mol. The number of likely N-dealkylation sites (N-methyl/N-ethyl adjacent to an activating group) is 1. The minimum atomic E-state index is -4.18. The van der Waals surface area contributed by atoms with Gasteiger partial charge in [0.1, 0.15) is 18.3 Å². The summed E-state index contributed by atoms with van der Waals surface area (Å²) < 4.78 is 34.3. The number of rotatable bonds is 12. The van der Waals surface area contributed by atoms with E-state index in [0.717, 1.165) is 9.87 Å².